The number of amidine groups is 1. The van der Waals surface area contributed by atoms with Gasteiger partial charge in [-0.1, -0.05) is 36.0 Å². The molecule has 1 aliphatic heterocycles. The number of hydrogen-bond acceptors (Lipinski definition) is 6. The summed E-state index contributed by atoms with van der Waals surface area (Å²) in [5.74, 6) is 0.385. The second-order valence-electron chi connectivity index (χ2n) is 6.18. The summed E-state index contributed by atoms with van der Waals surface area (Å²) in [6, 6.07) is 14.5. The molecule has 0 saturated carbocycles. The quantitative estimate of drug-likeness (QED) is 0.841. The number of carbonyl (C=O) groups excluding carboxylic acids is 1. The Morgan fingerprint density at radius 2 is 1.93 bits per heavy atom. The van der Waals surface area contributed by atoms with Crippen molar-refractivity contribution in [2.75, 3.05) is 18.3 Å². The molecule has 0 aliphatic carbocycles. The van der Waals surface area contributed by atoms with Crippen LogP contribution in [0.15, 0.2) is 64.8 Å². The van der Waals surface area contributed by atoms with Gasteiger partial charge in [0.25, 0.3) is 0 Å². The summed E-state index contributed by atoms with van der Waals surface area (Å²) in [4.78, 5) is 19.4. The zero-order valence-corrected chi connectivity index (χ0v) is 16.6. The molecule has 2 aromatic rings. The highest BCUT2D eigenvalue weighted by atomic mass is 32.2. The predicted octanol–water partition coefficient (Wildman–Crippen LogP) is 4.54. The Morgan fingerprint density at radius 3 is 2.52 bits per heavy atom. The maximum absolute atomic E-state index is 12.5. The lowest BCUT2D eigenvalue weighted by Gasteiger charge is -2.34. The fraction of sp³-hybridized carbons (Fsp3) is 0.238. The van der Waals surface area contributed by atoms with Gasteiger partial charge in [-0.2, -0.15) is 0 Å². The second-order valence-corrected chi connectivity index (χ2v) is 6.95. The van der Waals surface area contributed by atoms with E-state index in [1.165, 1.54) is 18.9 Å². The highest BCUT2D eigenvalue weighted by molar-refractivity contribution is 8.13. The number of aromatic hydroxyl groups is 1. The van der Waals surface area contributed by atoms with Crippen LogP contribution in [0.4, 0.5) is 5.69 Å². The molecule has 1 aliphatic rings. The molecule has 0 bridgehead atoms. The first-order valence-electron chi connectivity index (χ1n) is 8.53. The number of allylic oxidation sites excluding steroid dienone is 1. The summed E-state index contributed by atoms with van der Waals surface area (Å²) in [5.41, 5.74) is 3.24. The fourth-order valence-corrected chi connectivity index (χ4v) is 3.91. The van der Waals surface area contributed by atoms with Crippen molar-refractivity contribution in [2.24, 2.45) is 4.99 Å². The minimum atomic E-state index is -0.445. The number of phenols is 1. The molecule has 0 radical (unpaired) electrons. The van der Waals surface area contributed by atoms with Crippen molar-refractivity contribution in [3.05, 3.63) is 65.4 Å². The lowest BCUT2D eigenvalue weighted by atomic mass is 9.93. The molecule has 5 nitrogen and oxygen atoms in total. The second kappa shape index (κ2) is 7.88. The molecule has 140 valence electrons. The fourth-order valence-electron chi connectivity index (χ4n) is 3.27. The molecule has 0 aromatic heterocycles. The minimum absolute atomic E-state index is 0.0330. The van der Waals surface area contributed by atoms with E-state index in [1.54, 1.807) is 25.1 Å². The van der Waals surface area contributed by atoms with E-state index in [9.17, 15) is 9.90 Å². The molecule has 1 atom stereocenters. The van der Waals surface area contributed by atoms with Gasteiger partial charge >= 0.3 is 0 Å². The molecule has 1 N–H and O–H groups in total. The Morgan fingerprint density at radius 1 is 1.22 bits per heavy atom. The maximum atomic E-state index is 12.5. The van der Waals surface area contributed by atoms with E-state index in [4.69, 9.17) is 9.73 Å². The molecule has 27 heavy (non-hydrogen) atoms. The van der Waals surface area contributed by atoms with E-state index in [0.717, 1.165) is 22.1 Å². The van der Waals surface area contributed by atoms with Crippen molar-refractivity contribution in [2.45, 2.75) is 19.9 Å². The van der Waals surface area contributed by atoms with E-state index >= 15 is 0 Å². The van der Waals surface area contributed by atoms with E-state index < -0.39 is 6.04 Å². The van der Waals surface area contributed by atoms with Crippen LogP contribution in [0, 0.1) is 0 Å². The first-order chi connectivity index (χ1) is 13.0. The number of Topliss-reactive ketones (excluding diaryl/α,β-unsaturated/α-hetero) is 1. The topological polar surface area (TPSA) is 62.1 Å². The number of nitrogens with zero attached hydrogens (tertiary/aromatic N) is 2. The average Bonchev–Trinajstić information content (AvgIpc) is 2.67. The van der Waals surface area contributed by atoms with E-state index in [1.807, 2.05) is 48.4 Å². The molecule has 0 unspecified atom stereocenters. The Kier molecular flexibility index (Phi) is 5.56. The molecule has 0 amide bonds. The number of phenolic OH excluding ortho intramolecular Hbond substituents is 1. The molecule has 0 saturated heterocycles. The average molecular weight is 382 g/mol. The molecular formula is C21H22N2O3S. The Hall–Kier alpha value is -2.73. The number of ketones is 1. The highest BCUT2D eigenvalue weighted by Crippen LogP contribution is 2.40. The summed E-state index contributed by atoms with van der Waals surface area (Å²) in [7, 11) is 1.50. The van der Waals surface area contributed by atoms with Gasteiger partial charge in [0.05, 0.1) is 7.11 Å². The van der Waals surface area contributed by atoms with Gasteiger partial charge in [0, 0.05) is 17.0 Å². The number of anilines is 1. The number of carbonyl (C=O) groups is 1. The van der Waals surface area contributed by atoms with Crippen LogP contribution in [0.25, 0.3) is 0 Å². The molecule has 3 rings (SSSR count). The summed E-state index contributed by atoms with van der Waals surface area (Å²) in [6.45, 7) is 3.51. The van der Waals surface area contributed by atoms with E-state index in [2.05, 4.69) is 0 Å². The smallest absolute Gasteiger partial charge is 0.168 e. The summed E-state index contributed by atoms with van der Waals surface area (Å²) < 4.78 is 5.23. The van der Waals surface area contributed by atoms with Crippen molar-refractivity contribution >= 4 is 28.4 Å². The van der Waals surface area contributed by atoms with Gasteiger partial charge in [-0.3, -0.25) is 9.69 Å². The van der Waals surface area contributed by atoms with Crippen molar-refractivity contribution in [3.8, 4) is 11.5 Å². The Balaban J connectivity index is 2.17. The largest absolute Gasteiger partial charge is 0.504 e. The Bertz CT molecular complexity index is 922. The van der Waals surface area contributed by atoms with Crippen LogP contribution in [-0.4, -0.2) is 29.4 Å². The zero-order valence-electron chi connectivity index (χ0n) is 15.8. The number of methoxy groups -OCH3 is 1. The number of para-hydroxylation sites is 1. The van der Waals surface area contributed by atoms with Crippen LogP contribution in [0.1, 0.15) is 25.5 Å². The summed E-state index contributed by atoms with van der Waals surface area (Å²) in [6.07, 6.45) is 1.97. The van der Waals surface area contributed by atoms with Crippen molar-refractivity contribution < 1.29 is 14.6 Å². The van der Waals surface area contributed by atoms with Crippen molar-refractivity contribution in [3.63, 3.8) is 0 Å². The van der Waals surface area contributed by atoms with Gasteiger partial charge in [0.2, 0.25) is 0 Å². The summed E-state index contributed by atoms with van der Waals surface area (Å²) in [5, 5.41) is 10.7. The molecular weight excluding hydrogens is 360 g/mol. The van der Waals surface area contributed by atoms with Gasteiger partial charge in [0.15, 0.2) is 22.4 Å². The number of benzene rings is 2. The highest BCUT2D eigenvalue weighted by Gasteiger charge is 2.32. The standard InChI is InChI=1S/C21H22N2O3S/c1-13-19(14(2)24)20(15-10-11-17(25)18(12-15)26-3)22-21(27-4)23(13)16-8-6-5-7-9-16/h5-12,20,25H,1-4H3/t20-/m0/s1. The predicted molar refractivity (Wildman–Crippen MR) is 111 cm³/mol. The maximum Gasteiger partial charge on any atom is 0.168 e. The van der Waals surface area contributed by atoms with E-state index in [-0.39, 0.29) is 11.5 Å². The van der Waals surface area contributed by atoms with Gasteiger partial charge in [-0.25, -0.2) is 4.99 Å². The number of hydrogen-bond donors (Lipinski definition) is 1. The first-order valence-corrected chi connectivity index (χ1v) is 9.76. The normalized spacial score (nSPS) is 17.0. The third-order valence-electron chi connectivity index (χ3n) is 4.53. The number of thioether (sulfide) groups is 1. The minimum Gasteiger partial charge on any atom is -0.504 e. The first kappa shape index (κ1) is 19.0. The Labute approximate surface area is 163 Å². The van der Waals surface area contributed by atoms with Gasteiger partial charge in [0.1, 0.15) is 6.04 Å². The van der Waals surface area contributed by atoms with Crippen LogP contribution in [0.2, 0.25) is 0 Å². The van der Waals surface area contributed by atoms with E-state index in [0.29, 0.717) is 11.3 Å². The van der Waals surface area contributed by atoms with Crippen LogP contribution in [-0.2, 0) is 4.79 Å². The van der Waals surface area contributed by atoms with Crippen LogP contribution in [0.5, 0.6) is 11.5 Å². The molecule has 6 heteroatoms. The van der Waals surface area contributed by atoms with Crippen LogP contribution >= 0.6 is 11.8 Å². The molecule has 0 fully saturated rings. The lowest BCUT2D eigenvalue weighted by molar-refractivity contribution is -0.113. The zero-order chi connectivity index (χ0) is 19.6. The van der Waals surface area contributed by atoms with Crippen molar-refractivity contribution in [1.29, 1.82) is 0 Å². The number of ether oxygens (including phenoxy) is 1. The SMILES string of the molecule is COc1cc([C@@H]2N=C(SC)N(c3ccccc3)C(C)=C2C(C)=O)ccc1O. The van der Waals surface area contributed by atoms with Gasteiger partial charge < -0.3 is 9.84 Å². The van der Waals surface area contributed by atoms with Gasteiger partial charge in [-0.05, 0) is 49.9 Å². The van der Waals surface area contributed by atoms with Crippen LogP contribution in [0.3, 0.4) is 0 Å². The van der Waals surface area contributed by atoms with Crippen molar-refractivity contribution in [1.82, 2.24) is 0 Å². The molecule has 2 aromatic carbocycles. The lowest BCUT2D eigenvalue weighted by Crippen LogP contribution is -2.34. The third kappa shape index (κ3) is 3.57. The number of rotatable bonds is 4. The third-order valence-corrected chi connectivity index (χ3v) is 5.18. The number of aliphatic imine (C=N–C) groups is 1. The van der Waals surface area contributed by atoms with Gasteiger partial charge in [-0.15, -0.1) is 0 Å². The molecule has 1 heterocycles. The monoisotopic (exact) mass is 382 g/mol. The summed E-state index contributed by atoms with van der Waals surface area (Å²) >= 11 is 1.53. The molecule has 0 spiro atoms. The van der Waals surface area contributed by atoms with Crippen LogP contribution < -0.4 is 9.64 Å².